The van der Waals surface area contributed by atoms with Crippen molar-refractivity contribution in [3.8, 4) is 0 Å². The maximum Gasteiger partial charge on any atom is 0.297 e. The highest BCUT2D eigenvalue weighted by Gasteiger charge is 2.22. The lowest BCUT2D eigenvalue weighted by Gasteiger charge is -2.11. The first-order valence-electron chi connectivity index (χ1n) is 5.34. The fraction of sp³-hybridized carbons (Fsp3) is 0.0909. The summed E-state index contributed by atoms with van der Waals surface area (Å²) in [5.41, 5.74) is 0.118. The van der Waals surface area contributed by atoms with Gasteiger partial charge < -0.3 is 5.32 Å². The molecule has 0 spiro atoms. The number of hydrogen-bond donors (Lipinski definition) is 3. The molecule has 0 radical (unpaired) electrons. The van der Waals surface area contributed by atoms with E-state index in [0.29, 0.717) is 0 Å². The molecule has 2 aromatic carbocycles. The van der Waals surface area contributed by atoms with Gasteiger partial charge in [-0.1, -0.05) is 18.2 Å². The Morgan fingerprint density at radius 1 is 0.900 bits per heavy atom. The van der Waals surface area contributed by atoms with Gasteiger partial charge in [-0.25, -0.2) is 0 Å². The van der Waals surface area contributed by atoms with Crippen LogP contribution in [0.3, 0.4) is 0 Å². The van der Waals surface area contributed by atoms with Crippen molar-refractivity contribution in [3.05, 3.63) is 30.3 Å². The lowest BCUT2D eigenvalue weighted by atomic mass is 10.1. The van der Waals surface area contributed by atoms with Gasteiger partial charge in [-0.05, 0) is 12.1 Å². The average molecular weight is 317 g/mol. The van der Waals surface area contributed by atoms with Gasteiger partial charge in [0.15, 0.2) is 0 Å². The lowest BCUT2D eigenvalue weighted by molar-refractivity contribution is 0.481. The van der Waals surface area contributed by atoms with E-state index in [4.69, 9.17) is 4.55 Å². The summed E-state index contributed by atoms with van der Waals surface area (Å²) in [6.07, 6.45) is 0. The van der Waals surface area contributed by atoms with Crippen LogP contribution in [0, 0.1) is 0 Å². The average Bonchev–Trinajstić information content (AvgIpc) is 2.34. The fourth-order valence-electron chi connectivity index (χ4n) is 2.00. The Labute approximate surface area is 115 Å². The van der Waals surface area contributed by atoms with Gasteiger partial charge >= 0.3 is 0 Å². The van der Waals surface area contributed by atoms with E-state index in [9.17, 15) is 21.4 Å². The zero-order chi connectivity index (χ0) is 15.1. The normalized spacial score (nSPS) is 12.6. The van der Waals surface area contributed by atoms with Crippen LogP contribution in [-0.4, -0.2) is 33.0 Å². The monoisotopic (exact) mass is 317 g/mol. The molecule has 7 nitrogen and oxygen atoms in total. The van der Waals surface area contributed by atoms with Crippen LogP contribution >= 0.6 is 0 Å². The highest BCUT2D eigenvalue weighted by atomic mass is 32.2. The lowest BCUT2D eigenvalue weighted by Crippen LogP contribution is -2.06. The molecule has 2 aromatic rings. The fourth-order valence-corrected chi connectivity index (χ4v) is 3.61. The Hall–Kier alpha value is -1.68. The SMILES string of the molecule is CNc1ccc2c(S(=O)(=O)O)cccc2c1S(=O)(=O)O. The quantitative estimate of drug-likeness (QED) is 0.731. The molecule has 108 valence electrons. The second-order valence-electron chi connectivity index (χ2n) is 3.99. The van der Waals surface area contributed by atoms with E-state index >= 15 is 0 Å². The largest absolute Gasteiger partial charge is 0.387 e. The highest BCUT2D eigenvalue weighted by molar-refractivity contribution is 7.86. The van der Waals surface area contributed by atoms with Crippen LogP contribution in [0.2, 0.25) is 0 Å². The first kappa shape index (κ1) is 14.7. The maximum atomic E-state index is 11.5. The smallest absolute Gasteiger partial charge is 0.297 e. The van der Waals surface area contributed by atoms with Crippen LogP contribution in [0.1, 0.15) is 0 Å². The first-order chi connectivity index (χ1) is 9.16. The molecule has 3 N–H and O–H groups in total. The summed E-state index contributed by atoms with van der Waals surface area (Å²) >= 11 is 0. The van der Waals surface area contributed by atoms with E-state index in [-0.39, 0.29) is 16.5 Å². The van der Waals surface area contributed by atoms with Crippen molar-refractivity contribution in [1.29, 1.82) is 0 Å². The molecule has 0 unspecified atom stereocenters. The third-order valence-corrected chi connectivity index (χ3v) is 4.64. The zero-order valence-electron chi connectivity index (χ0n) is 10.2. The number of anilines is 1. The van der Waals surface area contributed by atoms with Crippen molar-refractivity contribution in [1.82, 2.24) is 0 Å². The van der Waals surface area contributed by atoms with E-state index in [2.05, 4.69) is 5.32 Å². The Balaban J connectivity index is 3.06. The minimum atomic E-state index is -4.57. The van der Waals surface area contributed by atoms with E-state index < -0.39 is 30.0 Å². The summed E-state index contributed by atoms with van der Waals surface area (Å²) in [6, 6.07) is 6.41. The Bertz CT molecular complexity index is 887. The molecular weight excluding hydrogens is 306 g/mol. The molecule has 2 rings (SSSR count). The van der Waals surface area contributed by atoms with Crippen LogP contribution in [0.25, 0.3) is 10.8 Å². The standard InChI is InChI=1S/C11H11NO6S2/c1-12-9-6-5-7-8(11(9)20(16,17)18)3-2-4-10(7)19(13,14)15/h2-6,12H,1H3,(H,13,14,15)(H,16,17,18). The van der Waals surface area contributed by atoms with Crippen molar-refractivity contribution in [2.24, 2.45) is 0 Å². The van der Waals surface area contributed by atoms with Crippen molar-refractivity contribution in [3.63, 3.8) is 0 Å². The second-order valence-corrected chi connectivity index (χ2v) is 6.74. The topological polar surface area (TPSA) is 121 Å². The Morgan fingerprint density at radius 2 is 1.55 bits per heavy atom. The van der Waals surface area contributed by atoms with Crippen LogP contribution in [0.4, 0.5) is 5.69 Å². The van der Waals surface area contributed by atoms with Gasteiger partial charge in [0.2, 0.25) is 0 Å². The number of hydrogen-bond acceptors (Lipinski definition) is 5. The van der Waals surface area contributed by atoms with E-state index in [1.165, 1.54) is 31.3 Å². The van der Waals surface area contributed by atoms with Crippen LogP contribution in [0.15, 0.2) is 40.1 Å². The van der Waals surface area contributed by atoms with Crippen LogP contribution in [-0.2, 0) is 20.2 Å². The van der Waals surface area contributed by atoms with Crippen molar-refractivity contribution in [2.75, 3.05) is 12.4 Å². The summed E-state index contributed by atoms with van der Waals surface area (Å²) in [6.45, 7) is 0. The van der Waals surface area contributed by atoms with Gasteiger partial charge in [0.1, 0.15) is 9.79 Å². The molecule has 0 fully saturated rings. The molecular formula is C11H11NO6S2. The van der Waals surface area contributed by atoms with Gasteiger partial charge in [-0.15, -0.1) is 0 Å². The van der Waals surface area contributed by atoms with Gasteiger partial charge in [0, 0.05) is 17.8 Å². The second kappa shape index (κ2) is 4.70. The van der Waals surface area contributed by atoms with Crippen molar-refractivity contribution in [2.45, 2.75) is 9.79 Å². The maximum absolute atomic E-state index is 11.5. The van der Waals surface area contributed by atoms with Gasteiger partial charge in [-0.3, -0.25) is 9.11 Å². The number of nitrogens with one attached hydrogen (secondary N) is 1. The van der Waals surface area contributed by atoms with E-state index in [1.807, 2.05) is 0 Å². The minimum absolute atomic E-state index is 0.00150. The number of fused-ring (bicyclic) bond motifs is 1. The predicted molar refractivity (Wildman–Crippen MR) is 73.1 cm³/mol. The zero-order valence-corrected chi connectivity index (χ0v) is 11.9. The van der Waals surface area contributed by atoms with E-state index in [1.54, 1.807) is 0 Å². The van der Waals surface area contributed by atoms with Gasteiger partial charge in [0.05, 0.1) is 5.69 Å². The summed E-state index contributed by atoms with van der Waals surface area (Å²) in [5, 5.41) is 2.60. The molecule has 20 heavy (non-hydrogen) atoms. The molecule has 0 bridgehead atoms. The molecule has 0 saturated heterocycles. The molecule has 0 heterocycles. The van der Waals surface area contributed by atoms with Crippen molar-refractivity contribution < 1.29 is 25.9 Å². The molecule has 9 heteroatoms. The summed E-state index contributed by atoms with van der Waals surface area (Å²) in [5.74, 6) is 0. The summed E-state index contributed by atoms with van der Waals surface area (Å²) in [7, 11) is -7.62. The number of benzene rings is 2. The molecule has 0 amide bonds. The van der Waals surface area contributed by atoms with Crippen molar-refractivity contribution >= 4 is 36.7 Å². The Kier molecular flexibility index (Phi) is 3.46. The predicted octanol–water partition coefficient (Wildman–Crippen LogP) is 1.37. The van der Waals surface area contributed by atoms with Gasteiger partial charge in [-0.2, -0.15) is 16.8 Å². The molecule has 0 atom stereocenters. The highest BCUT2D eigenvalue weighted by Crippen LogP contribution is 2.33. The number of rotatable bonds is 3. The summed E-state index contributed by atoms with van der Waals surface area (Å²) in [4.78, 5) is -0.870. The summed E-state index contributed by atoms with van der Waals surface area (Å²) < 4.78 is 64.0. The van der Waals surface area contributed by atoms with Gasteiger partial charge in [0.25, 0.3) is 20.2 Å². The molecule has 0 saturated carbocycles. The third-order valence-electron chi connectivity index (χ3n) is 2.78. The molecule has 0 aliphatic rings. The Morgan fingerprint density at radius 3 is 2.05 bits per heavy atom. The molecule has 0 aliphatic heterocycles. The molecule has 0 aliphatic carbocycles. The first-order valence-corrected chi connectivity index (χ1v) is 8.22. The van der Waals surface area contributed by atoms with Crippen LogP contribution in [0.5, 0.6) is 0 Å². The molecule has 0 aromatic heterocycles. The van der Waals surface area contributed by atoms with E-state index in [0.717, 1.165) is 6.07 Å². The third kappa shape index (κ3) is 2.48. The van der Waals surface area contributed by atoms with Crippen LogP contribution < -0.4 is 5.32 Å². The minimum Gasteiger partial charge on any atom is -0.387 e.